The van der Waals surface area contributed by atoms with Gasteiger partial charge in [-0.1, -0.05) is 17.7 Å². The van der Waals surface area contributed by atoms with Crippen LogP contribution in [0.15, 0.2) is 34.7 Å². The number of amides is 1. The van der Waals surface area contributed by atoms with Gasteiger partial charge < -0.3 is 15.5 Å². The molecule has 1 heterocycles. The number of carbonyl (C=O) groups excluding carboxylic acids is 1. The summed E-state index contributed by atoms with van der Waals surface area (Å²) in [5.74, 6) is -0.669. The van der Waals surface area contributed by atoms with E-state index in [4.69, 9.17) is 21.8 Å². The third-order valence-electron chi connectivity index (χ3n) is 2.29. The molecule has 18 heavy (non-hydrogen) atoms. The van der Waals surface area contributed by atoms with Crippen LogP contribution in [0.3, 0.4) is 0 Å². The minimum atomic E-state index is -0.610. The fourth-order valence-electron chi connectivity index (χ4n) is 1.40. The van der Waals surface area contributed by atoms with E-state index in [0.29, 0.717) is 5.76 Å². The molecule has 0 spiro atoms. The minimum Gasteiger partial charge on any atom is -0.455 e. The Morgan fingerprint density at radius 1 is 1.39 bits per heavy atom. The monoisotopic (exact) mass is 268 g/mol. The van der Waals surface area contributed by atoms with Crippen molar-refractivity contribution in [3.63, 3.8) is 0 Å². The smallest absolute Gasteiger partial charge is 0.291 e. The van der Waals surface area contributed by atoms with Crippen LogP contribution in [0.1, 0.15) is 16.3 Å². The third kappa shape index (κ3) is 2.52. The summed E-state index contributed by atoms with van der Waals surface area (Å²) in [6.45, 7) is 0.188. The van der Waals surface area contributed by atoms with E-state index in [1.807, 2.05) is 0 Å². The van der Waals surface area contributed by atoms with Gasteiger partial charge in [0, 0.05) is 0 Å². The fourth-order valence-corrected chi connectivity index (χ4v) is 1.61. The number of halogens is 2. The van der Waals surface area contributed by atoms with Crippen LogP contribution in [0.25, 0.3) is 0 Å². The van der Waals surface area contributed by atoms with Gasteiger partial charge in [-0.3, -0.25) is 4.79 Å². The molecule has 0 fully saturated rings. The number of hydrogen-bond acceptors (Lipinski definition) is 3. The second kappa shape index (κ2) is 5.20. The highest BCUT2D eigenvalue weighted by atomic mass is 35.5. The van der Waals surface area contributed by atoms with Gasteiger partial charge in [0.2, 0.25) is 0 Å². The molecule has 0 aliphatic carbocycles. The number of nitrogens with two attached hydrogens (primary N) is 1. The first kappa shape index (κ1) is 12.6. The zero-order valence-electron chi connectivity index (χ0n) is 9.24. The van der Waals surface area contributed by atoms with E-state index in [-0.39, 0.29) is 23.0 Å². The molecule has 0 saturated heterocycles. The van der Waals surface area contributed by atoms with E-state index < -0.39 is 11.7 Å². The quantitative estimate of drug-likeness (QED) is 0.899. The number of furan rings is 1. The molecule has 0 aliphatic rings. The molecule has 4 nitrogen and oxygen atoms in total. The number of para-hydroxylation sites is 1. The molecule has 1 aromatic carbocycles. The molecule has 2 rings (SSSR count). The Morgan fingerprint density at radius 2 is 2.17 bits per heavy atom. The van der Waals surface area contributed by atoms with Gasteiger partial charge in [0.05, 0.1) is 17.3 Å². The average Bonchev–Trinajstić information content (AvgIpc) is 2.82. The Balaban J connectivity index is 2.21. The highest BCUT2D eigenvalue weighted by molar-refractivity contribution is 6.33. The van der Waals surface area contributed by atoms with Crippen molar-refractivity contribution < 1.29 is 13.6 Å². The lowest BCUT2D eigenvalue weighted by molar-refractivity contribution is 0.0994. The summed E-state index contributed by atoms with van der Waals surface area (Å²) in [7, 11) is 0. The first-order chi connectivity index (χ1) is 8.61. The molecule has 0 saturated carbocycles. The van der Waals surface area contributed by atoms with Crippen molar-refractivity contribution in [1.29, 1.82) is 0 Å². The molecule has 1 aromatic heterocycles. The molecule has 0 radical (unpaired) electrons. The first-order valence-corrected chi connectivity index (χ1v) is 5.53. The SMILES string of the molecule is NCc1ccc(C(=O)Nc2c(F)cccc2Cl)o1. The number of benzene rings is 1. The molecule has 0 aliphatic heterocycles. The van der Waals surface area contributed by atoms with Gasteiger partial charge in [0.15, 0.2) is 5.76 Å². The summed E-state index contributed by atoms with van der Waals surface area (Å²) in [6.07, 6.45) is 0. The molecule has 0 unspecified atom stereocenters. The van der Waals surface area contributed by atoms with E-state index in [9.17, 15) is 9.18 Å². The summed E-state index contributed by atoms with van der Waals surface area (Å²) in [6, 6.07) is 7.18. The van der Waals surface area contributed by atoms with Crippen molar-refractivity contribution >= 4 is 23.2 Å². The number of rotatable bonds is 3. The van der Waals surface area contributed by atoms with Crippen LogP contribution < -0.4 is 11.1 Å². The Hall–Kier alpha value is -1.85. The van der Waals surface area contributed by atoms with E-state index in [1.54, 1.807) is 6.07 Å². The predicted octanol–water partition coefficient (Wildman–Crippen LogP) is 2.78. The summed E-state index contributed by atoms with van der Waals surface area (Å²) in [5.41, 5.74) is 5.28. The predicted molar refractivity (Wildman–Crippen MR) is 66.0 cm³/mol. The lowest BCUT2D eigenvalue weighted by Gasteiger charge is -2.06. The highest BCUT2D eigenvalue weighted by Gasteiger charge is 2.15. The first-order valence-electron chi connectivity index (χ1n) is 5.16. The van der Waals surface area contributed by atoms with Crippen molar-refractivity contribution in [2.75, 3.05) is 5.32 Å². The lowest BCUT2D eigenvalue weighted by atomic mass is 10.3. The standard InChI is InChI=1S/C12H10ClFN2O2/c13-8-2-1-3-9(14)11(8)16-12(17)10-5-4-7(6-15)18-10/h1-5H,6,15H2,(H,16,17). The summed E-state index contributed by atoms with van der Waals surface area (Å²) >= 11 is 5.79. The second-order valence-electron chi connectivity index (χ2n) is 3.52. The summed E-state index contributed by atoms with van der Waals surface area (Å²) < 4.78 is 18.6. The number of anilines is 1. The molecule has 0 atom stereocenters. The van der Waals surface area contributed by atoms with E-state index in [0.717, 1.165) is 0 Å². The van der Waals surface area contributed by atoms with Crippen LogP contribution in [0.4, 0.5) is 10.1 Å². The molecule has 0 bridgehead atoms. The molecular formula is C12H10ClFN2O2. The maximum atomic E-state index is 13.4. The molecule has 6 heteroatoms. The average molecular weight is 269 g/mol. The van der Waals surface area contributed by atoms with E-state index in [2.05, 4.69) is 5.32 Å². The summed E-state index contributed by atoms with van der Waals surface area (Å²) in [5, 5.41) is 2.47. The van der Waals surface area contributed by atoms with Gasteiger partial charge in [-0.2, -0.15) is 0 Å². The third-order valence-corrected chi connectivity index (χ3v) is 2.60. The van der Waals surface area contributed by atoms with Crippen LogP contribution in [-0.4, -0.2) is 5.91 Å². The van der Waals surface area contributed by atoms with Crippen LogP contribution in [-0.2, 0) is 6.54 Å². The maximum absolute atomic E-state index is 13.4. The van der Waals surface area contributed by atoms with Gasteiger partial charge in [-0.25, -0.2) is 4.39 Å². The Labute approximate surface area is 108 Å². The highest BCUT2D eigenvalue weighted by Crippen LogP contribution is 2.25. The molecule has 2 aromatic rings. The number of carbonyl (C=O) groups is 1. The Kier molecular flexibility index (Phi) is 3.64. The van der Waals surface area contributed by atoms with Gasteiger partial charge in [-0.05, 0) is 24.3 Å². The van der Waals surface area contributed by atoms with Crippen molar-refractivity contribution in [3.8, 4) is 0 Å². The fraction of sp³-hybridized carbons (Fsp3) is 0.0833. The zero-order chi connectivity index (χ0) is 13.1. The van der Waals surface area contributed by atoms with Gasteiger partial charge in [0.25, 0.3) is 5.91 Å². The van der Waals surface area contributed by atoms with Crippen molar-refractivity contribution in [1.82, 2.24) is 0 Å². The van der Waals surface area contributed by atoms with Gasteiger partial charge in [0.1, 0.15) is 11.6 Å². The van der Waals surface area contributed by atoms with Crippen molar-refractivity contribution in [2.24, 2.45) is 5.73 Å². The minimum absolute atomic E-state index is 0.0507. The molecular weight excluding hydrogens is 259 g/mol. The second-order valence-corrected chi connectivity index (χ2v) is 3.93. The normalized spacial score (nSPS) is 10.4. The number of nitrogens with one attached hydrogen (secondary N) is 1. The molecule has 3 N–H and O–H groups in total. The van der Waals surface area contributed by atoms with Crippen molar-refractivity contribution in [2.45, 2.75) is 6.54 Å². The van der Waals surface area contributed by atoms with Crippen molar-refractivity contribution in [3.05, 3.63) is 52.7 Å². The number of hydrogen-bond donors (Lipinski definition) is 2. The Bertz CT molecular complexity index is 563. The van der Waals surface area contributed by atoms with E-state index in [1.165, 1.54) is 24.3 Å². The maximum Gasteiger partial charge on any atom is 0.291 e. The lowest BCUT2D eigenvalue weighted by Crippen LogP contribution is -2.12. The van der Waals surface area contributed by atoms with Gasteiger partial charge >= 0.3 is 0 Å². The van der Waals surface area contributed by atoms with Gasteiger partial charge in [-0.15, -0.1) is 0 Å². The van der Waals surface area contributed by atoms with Crippen LogP contribution in [0.5, 0.6) is 0 Å². The van der Waals surface area contributed by atoms with Crippen LogP contribution in [0, 0.1) is 5.82 Å². The van der Waals surface area contributed by atoms with Crippen LogP contribution in [0.2, 0.25) is 5.02 Å². The summed E-state index contributed by atoms with van der Waals surface area (Å²) in [4.78, 5) is 11.8. The van der Waals surface area contributed by atoms with E-state index >= 15 is 0 Å². The molecule has 94 valence electrons. The molecule has 1 amide bonds. The zero-order valence-corrected chi connectivity index (χ0v) is 10.00. The topological polar surface area (TPSA) is 68.3 Å². The van der Waals surface area contributed by atoms with Crippen LogP contribution >= 0.6 is 11.6 Å². The Morgan fingerprint density at radius 3 is 2.78 bits per heavy atom. The largest absolute Gasteiger partial charge is 0.455 e.